The molecule has 0 atom stereocenters. The molecule has 3 aromatic rings. The summed E-state index contributed by atoms with van der Waals surface area (Å²) < 4.78 is 0. The second kappa shape index (κ2) is 8.31. The monoisotopic (exact) mass is 384 g/mol. The summed E-state index contributed by atoms with van der Waals surface area (Å²) in [5.41, 5.74) is 5.46. The van der Waals surface area contributed by atoms with Crippen molar-refractivity contribution in [1.82, 2.24) is 5.32 Å². The van der Waals surface area contributed by atoms with Crippen LogP contribution in [0.5, 0.6) is 0 Å². The van der Waals surface area contributed by atoms with Crippen LogP contribution in [0.4, 0.5) is 5.69 Å². The second-order valence-electron chi connectivity index (χ2n) is 7.44. The second-order valence-corrected chi connectivity index (χ2v) is 7.44. The summed E-state index contributed by atoms with van der Waals surface area (Å²) in [6.45, 7) is 3.20. The van der Waals surface area contributed by atoms with Crippen molar-refractivity contribution in [2.45, 2.75) is 26.3 Å². The molecule has 0 radical (unpaired) electrons. The van der Waals surface area contributed by atoms with Gasteiger partial charge in [-0.25, -0.2) is 0 Å². The van der Waals surface area contributed by atoms with Gasteiger partial charge in [0.05, 0.1) is 0 Å². The summed E-state index contributed by atoms with van der Waals surface area (Å²) in [5, 5.41) is 2.97. The van der Waals surface area contributed by atoms with Crippen molar-refractivity contribution < 1.29 is 9.59 Å². The Bertz CT molecular complexity index is 1030. The summed E-state index contributed by atoms with van der Waals surface area (Å²) in [6.07, 6.45) is 1.76. The largest absolute Gasteiger partial charge is 0.348 e. The highest BCUT2D eigenvalue weighted by atomic mass is 16.2. The molecule has 0 bridgehead atoms. The Morgan fingerprint density at radius 3 is 2.41 bits per heavy atom. The Hall–Kier alpha value is -3.40. The van der Waals surface area contributed by atoms with Gasteiger partial charge in [0.2, 0.25) is 0 Å². The molecule has 4 heteroatoms. The molecule has 0 aliphatic carbocycles. The van der Waals surface area contributed by atoms with Crippen molar-refractivity contribution in [2.75, 3.05) is 11.4 Å². The average Bonchev–Trinajstić information content (AvgIpc) is 2.77. The first-order valence-electron chi connectivity index (χ1n) is 9.95. The number of anilines is 1. The highest BCUT2D eigenvalue weighted by Crippen LogP contribution is 2.29. The number of benzene rings is 3. The Morgan fingerprint density at radius 2 is 1.66 bits per heavy atom. The Morgan fingerprint density at radius 1 is 0.931 bits per heavy atom. The van der Waals surface area contributed by atoms with Crippen LogP contribution in [0.15, 0.2) is 72.8 Å². The Kier molecular flexibility index (Phi) is 5.43. The van der Waals surface area contributed by atoms with Crippen LogP contribution >= 0.6 is 0 Å². The normalized spacial score (nSPS) is 12.9. The minimum absolute atomic E-state index is 0.00669. The predicted molar refractivity (Wildman–Crippen MR) is 115 cm³/mol. The number of hydrogen-bond acceptors (Lipinski definition) is 2. The lowest BCUT2D eigenvalue weighted by Crippen LogP contribution is -2.35. The van der Waals surface area contributed by atoms with Crippen LogP contribution in [0.3, 0.4) is 0 Å². The first-order valence-corrected chi connectivity index (χ1v) is 9.95. The highest BCUT2D eigenvalue weighted by Gasteiger charge is 2.24. The summed E-state index contributed by atoms with van der Waals surface area (Å²) in [6, 6.07) is 23.1. The number of aryl methyl sites for hydroxylation is 2. The molecule has 29 heavy (non-hydrogen) atoms. The Labute approximate surface area is 171 Å². The van der Waals surface area contributed by atoms with Gasteiger partial charge in [0.25, 0.3) is 11.8 Å². The van der Waals surface area contributed by atoms with Crippen molar-refractivity contribution in [3.8, 4) is 0 Å². The summed E-state index contributed by atoms with van der Waals surface area (Å²) >= 11 is 0. The summed E-state index contributed by atoms with van der Waals surface area (Å²) in [4.78, 5) is 27.4. The van der Waals surface area contributed by atoms with Gasteiger partial charge in [0.15, 0.2) is 0 Å². The molecular formula is C25H24N2O2. The minimum atomic E-state index is -0.0985. The first kappa shape index (κ1) is 18.9. The van der Waals surface area contributed by atoms with E-state index in [4.69, 9.17) is 0 Å². The smallest absolute Gasteiger partial charge is 0.258 e. The van der Waals surface area contributed by atoms with Crippen LogP contribution < -0.4 is 10.2 Å². The molecule has 0 saturated heterocycles. The molecule has 1 heterocycles. The molecule has 1 aliphatic rings. The van der Waals surface area contributed by atoms with Crippen molar-refractivity contribution in [3.63, 3.8) is 0 Å². The Balaban J connectivity index is 1.51. The third-order valence-electron chi connectivity index (χ3n) is 5.30. The van der Waals surface area contributed by atoms with Crippen molar-refractivity contribution in [2.24, 2.45) is 0 Å². The molecular weight excluding hydrogens is 360 g/mol. The van der Waals surface area contributed by atoms with E-state index in [0.29, 0.717) is 24.2 Å². The number of nitrogens with one attached hydrogen (secondary N) is 1. The number of hydrogen-bond donors (Lipinski definition) is 1. The number of fused-ring (bicyclic) bond motifs is 1. The van der Waals surface area contributed by atoms with Crippen LogP contribution in [0.1, 0.15) is 43.8 Å². The van der Waals surface area contributed by atoms with E-state index in [2.05, 4.69) is 5.32 Å². The van der Waals surface area contributed by atoms with E-state index in [-0.39, 0.29) is 11.8 Å². The molecule has 0 saturated carbocycles. The van der Waals surface area contributed by atoms with E-state index in [9.17, 15) is 9.59 Å². The molecule has 1 aliphatic heterocycles. The van der Waals surface area contributed by atoms with Gasteiger partial charge in [0.1, 0.15) is 0 Å². The molecule has 4 nitrogen and oxygen atoms in total. The third kappa shape index (κ3) is 4.21. The van der Waals surface area contributed by atoms with Gasteiger partial charge in [-0.3, -0.25) is 9.59 Å². The fourth-order valence-electron chi connectivity index (χ4n) is 3.68. The zero-order valence-corrected chi connectivity index (χ0v) is 16.5. The van der Waals surface area contributed by atoms with Crippen LogP contribution in [0.25, 0.3) is 0 Å². The average molecular weight is 384 g/mol. The molecule has 4 rings (SSSR count). The predicted octanol–water partition coefficient (Wildman–Crippen LogP) is 4.52. The SMILES string of the molecule is Cc1ccc(C(=O)N2CCCc3cc(C(=O)NCc4ccccc4)ccc32)cc1. The maximum absolute atomic E-state index is 13.0. The van der Waals surface area contributed by atoms with Crippen LogP contribution in [0, 0.1) is 6.92 Å². The van der Waals surface area contributed by atoms with E-state index in [1.165, 1.54) is 0 Å². The van der Waals surface area contributed by atoms with Gasteiger partial charge in [-0.1, -0.05) is 48.0 Å². The lowest BCUT2D eigenvalue weighted by atomic mass is 9.98. The fraction of sp³-hybridized carbons (Fsp3) is 0.200. The lowest BCUT2D eigenvalue weighted by molar-refractivity contribution is 0.0950. The maximum Gasteiger partial charge on any atom is 0.258 e. The standard InChI is InChI=1S/C25H24N2O2/c1-18-9-11-20(12-10-18)25(29)27-15-5-8-21-16-22(13-14-23(21)27)24(28)26-17-19-6-3-2-4-7-19/h2-4,6-7,9-14,16H,5,8,15,17H2,1H3,(H,26,28). The van der Waals surface area contributed by atoms with Gasteiger partial charge in [-0.2, -0.15) is 0 Å². The maximum atomic E-state index is 13.0. The third-order valence-corrected chi connectivity index (χ3v) is 5.30. The van der Waals surface area contributed by atoms with E-state index < -0.39 is 0 Å². The van der Waals surface area contributed by atoms with Crippen molar-refractivity contribution in [3.05, 3.63) is 101 Å². The van der Waals surface area contributed by atoms with Crippen molar-refractivity contribution >= 4 is 17.5 Å². The minimum Gasteiger partial charge on any atom is -0.348 e. The van der Waals surface area contributed by atoms with Crippen LogP contribution in [-0.2, 0) is 13.0 Å². The molecule has 2 amide bonds. The summed E-state index contributed by atoms with van der Waals surface area (Å²) in [7, 11) is 0. The molecule has 0 fully saturated rings. The van der Waals surface area contributed by atoms with E-state index in [1.807, 2.05) is 78.6 Å². The van der Waals surface area contributed by atoms with Gasteiger partial charge >= 0.3 is 0 Å². The zero-order valence-electron chi connectivity index (χ0n) is 16.5. The van der Waals surface area contributed by atoms with Crippen LogP contribution in [0.2, 0.25) is 0 Å². The number of rotatable bonds is 4. The van der Waals surface area contributed by atoms with Gasteiger partial charge < -0.3 is 10.2 Å². The summed E-state index contributed by atoms with van der Waals surface area (Å²) in [5.74, 6) is -0.0918. The van der Waals surface area contributed by atoms with E-state index in [0.717, 1.165) is 35.2 Å². The molecule has 1 N–H and O–H groups in total. The molecule has 0 spiro atoms. The molecule has 3 aromatic carbocycles. The number of nitrogens with zero attached hydrogens (tertiary/aromatic N) is 1. The first-order chi connectivity index (χ1) is 14.1. The molecule has 0 aromatic heterocycles. The van der Waals surface area contributed by atoms with E-state index in [1.54, 1.807) is 6.07 Å². The zero-order chi connectivity index (χ0) is 20.2. The number of carbonyl (C=O) groups excluding carboxylic acids is 2. The van der Waals surface area contributed by atoms with Crippen molar-refractivity contribution in [1.29, 1.82) is 0 Å². The number of carbonyl (C=O) groups is 2. The van der Waals surface area contributed by atoms with Crippen LogP contribution in [-0.4, -0.2) is 18.4 Å². The van der Waals surface area contributed by atoms with Gasteiger partial charge in [-0.05, 0) is 61.2 Å². The molecule has 0 unspecified atom stereocenters. The van der Waals surface area contributed by atoms with E-state index >= 15 is 0 Å². The van der Waals surface area contributed by atoms with Gasteiger partial charge in [0, 0.05) is 29.9 Å². The quantitative estimate of drug-likeness (QED) is 0.719. The highest BCUT2D eigenvalue weighted by molar-refractivity contribution is 6.07. The molecule has 146 valence electrons. The lowest BCUT2D eigenvalue weighted by Gasteiger charge is -2.30. The van der Waals surface area contributed by atoms with Gasteiger partial charge in [-0.15, -0.1) is 0 Å². The fourth-order valence-corrected chi connectivity index (χ4v) is 3.68. The number of amides is 2. The topological polar surface area (TPSA) is 49.4 Å².